The van der Waals surface area contributed by atoms with Crippen LogP contribution in [0.1, 0.15) is 47.0 Å². The van der Waals surface area contributed by atoms with Crippen molar-refractivity contribution in [3.8, 4) is 0 Å². The predicted octanol–water partition coefficient (Wildman–Crippen LogP) is -1.80. The third-order valence-corrected chi connectivity index (χ3v) is 4.25. The summed E-state index contributed by atoms with van der Waals surface area (Å²) in [6, 6.07) is -4.09. The van der Waals surface area contributed by atoms with Crippen LogP contribution in [0, 0.1) is 5.92 Å². The van der Waals surface area contributed by atoms with Crippen LogP contribution in [-0.2, 0) is 24.0 Å². The summed E-state index contributed by atoms with van der Waals surface area (Å²) in [5, 5.41) is 16.4. The zero-order valence-electron chi connectivity index (χ0n) is 16.7. The van der Waals surface area contributed by atoms with Gasteiger partial charge in [0.25, 0.3) is 0 Å². The third kappa shape index (κ3) is 8.80. The van der Waals surface area contributed by atoms with E-state index in [0.29, 0.717) is 6.42 Å². The Morgan fingerprint density at radius 3 is 1.93 bits per heavy atom. The van der Waals surface area contributed by atoms with E-state index >= 15 is 0 Å². The fourth-order valence-corrected chi connectivity index (χ4v) is 2.20. The molecule has 0 radical (unpaired) electrons. The largest absolute Gasteiger partial charge is 0.480 e. The van der Waals surface area contributed by atoms with E-state index in [-0.39, 0.29) is 18.8 Å². The zero-order chi connectivity index (χ0) is 22.0. The fourth-order valence-electron chi connectivity index (χ4n) is 2.20. The molecule has 160 valence electrons. The molecule has 0 aromatic heterocycles. The van der Waals surface area contributed by atoms with Crippen LogP contribution in [0.3, 0.4) is 0 Å². The number of hydrogen-bond donors (Lipinski definition) is 6. The molecule has 0 saturated heterocycles. The van der Waals surface area contributed by atoms with Crippen LogP contribution in [0.5, 0.6) is 0 Å². The number of carbonyl (C=O) groups is 5. The maximum Gasteiger partial charge on any atom is 0.326 e. The van der Waals surface area contributed by atoms with E-state index in [2.05, 4.69) is 16.0 Å². The van der Waals surface area contributed by atoms with Crippen molar-refractivity contribution < 1.29 is 29.1 Å². The molecule has 11 heteroatoms. The average Bonchev–Trinajstić information content (AvgIpc) is 2.60. The summed E-state index contributed by atoms with van der Waals surface area (Å²) in [6.45, 7) is 6.46. The number of nitrogens with two attached hydrogens (primary N) is 2. The lowest BCUT2D eigenvalue weighted by Crippen LogP contribution is -2.57. The van der Waals surface area contributed by atoms with Gasteiger partial charge in [0.05, 0.1) is 6.04 Å². The Kier molecular flexibility index (Phi) is 10.8. The quantitative estimate of drug-likeness (QED) is 0.222. The van der Waals surface area contributed by atoms with Crippen molar-refractivity contribution in [3.63, 3.8) is 0 Å². The first-order valence-corrected chi connectivity index (χ1v) is 9.08. The lowest BCUT2D eigenvalue weighted by atomic mass is 9.97. The minimum Gasteiger partial charge on any atom is -0.480 e. The van der Waals surface area contributed by atoms with Gasteiger partial charge in [0.15, 0.2) is 0 Å². The van der Waals surface area contributed by atoms with E-state index in [1.165, 1.54) is 13.8 Å². The maximum absolute atomic E-state index is 12.5. The second-order valence-corrected chi connectivity index (χ2v) is 6.80. The highest BCUT2D eigenvalue weighted by Crippen LogP contribution is 2.09. The van der Waals surface area contributed by atoms with Crippen LogP contribution < -0.4 is 27.4 Å². The predicted molar refractivity (Wildman–Crippen MR) is 101 cm³/mol. The summed E-state index contributed by atoms with van der Waals surface area (Å²) in [4.78, 5) is 58.6. The van der Waals surface area contributed by atoms with Gasteiger partial charge in [0, 0.05) is 6.42 Å². The molecular formula is C17H31N5O6. The summed E-state index contributed by atoms with van der Waals surface area (Å²) in [5.74, 6) is -4.07. The molecule has 5 unspecified atom stereocenters. The molecule has 0 fully saturated rings. The molecule has 0 heterocycles. The Morgan fingerprint density at radius 1 is 0.929 bits per heavy atom. The van der Waals surface area contributed by atoms with Gasteiger partial charge in [-0.2, -0.15) is 0 Å². The normalized spacial score (nSPS) is 16.0. The van der Waals surface area contributed by atoms with Gasteiger partial charge in [0.2, 0.25) is 23.6 Å². The number of amides is 4. The molecule has 0 spiro atoms. The first kappa shape index (κ1) is 25.3. The van der Waals surface area contributed by atoms with E-state index in [4.69, 9.17) is 16.6 Å². The molecule has 0 aromatic rings. The summed E-state index contributed by atoms with van der Waals surface area (Å²) in [5.41, 5.74) is 10.5. The summed E-state index contributed by atoms with van der Waals surface area (Å²) < 4.78 is 0. The van der Waals surface area contributed by atoms with Crippen molar-refractivity contribution >= 4 is 29.6 Å². The number of carboxylic acids is 1. The van der Waals surface area contributed by atoms with Gasteiger partial charge in [-0.3, -0.25) is 19.2 Å². The number of nitrogens with one attached hydrogen (secondary N) is 3. The molecule has 11 nitrogen and oxygen atoms in total. The Labute approximate surface area is 164 Å². The van der Waals surface area contributed by atoms with Gasteiger partial charge < -0.3 is 32.5 Å². The maximum atomic E-state index is 12.5. The SMILES string of the molecule is CCC(C)C(NC(=O)C(C)N)C(=O)NC(C)C(=O)NC(CCC(N)=O)C(=O)O. The molecule has 28 heavy (non-hydrogen) atoms. The Morgan fingerprint density at radius 2 is 1.50 bits per heavy atom. The Bertz CT molecular complexity index is 595. The minimum atomic E-state index is -1.32. The van der Waals surface area contributed by atoms with E-state index in [1.807, 2.05) is 6.92 Å². The van der Waals surface area contributed by atoms with Crippen molar-refractivity contribution in [1.29, 1.82) is 0 Å². The van der Waals surface area contributed by atoms with Gasteiger partial charge in [-0.25, -0.2) is 4.79 Å². The highest BCUT2D eigenvalue weighted by atomic mass is 16.4. The highest BCUT2D eigenvalue weighted by Gasteiger charge is 2.30. The van der Waals surface area contributed by atoms with Crippen LogP contribution in [0.4, 0.5) is 0 Å². The molecular weight excluding hydrogens is 370 g/mol. The molecule has 0 saturated carbocycles. The summed E-state index contributed by atoms with van der Waals surface area (Å²) in [6.07, 6.45) is 0.209. The van der Waals surface area contributed by atoms with Crippen molar-refractivity contribution in [2.45, 2.75) is 71.1 Å². The van der Waals surface area contributed by atoms with Crippen molar-refractivity contribution in [1.82, 2.24) is 16.0 Å². The van der Waals surface area contributed by atoms with E-state index in [0.717, 1.165) is 0 Å². The van der Waals surface area contributed by atoms with Gasteiger partial charge in [0.1, 0.15) is 18.1 Å². The number of aliphatic carboxylic acids is 1. The fraction of sp³-hybridized carbons (Fsp3) is 0.706. The second-order valence-electron chi connectivity index (χ2n) is 6.80. The van der Waals surface area contributed by atoms with Crippen molar-refractivity contribution in [2.24, 2.45) is 17.4 Å². The van der Waals surface area contributed by atoms with Gasteiger partial charge in [-0.1, -0.05) is 20.3 Å². The zero-order valence-corrected chi connectivity index (χ0v) is 16.7. The van der Waals surface area contributed by atoms with Crippen LogP contribution in [0.25, 0.3) is 0 Å². The number of hydrogen-bond acceptors (Lipinski definition) is 6. The van der Waals surface area contributed by atoms with Gasteiger partial charge >= 0.3 is 5.97 Å². The topological polar surface area (TPSA) is 194 Å². The van der Waals surface area contributed by atoms with Gasteiger partial charge in [-0.15, -0.1) is 0 Å². The lowest BCUT2D eigenvalue weighted by Gasteiger charge is -2.26. The number of carbonyl (C=O) groups excluding carboxylic acids is 4. The summed E-state index contributed by atoms with van der Waals surface area (Å²) >= 11 is 0. The van der Waals surface area contributed by atoms with Gasteiger partial charge in [-0.05, 0) is 26.2 Å². The first-order valence-electron chi connectivity index (χ1n) is 9.08. The Hall–Kier alpha value is -2.69. The number of carboxylic acid groups (broad SMARTS) is 1. The first-order chi connectivity index (χ1) is 12.9. The lowest BCUT2D eigenvalue weighted by molar-refractivity contribution is -0.142. The molecule has 4 amide bonds. The van der Waals surface area contributed by atoms with Crippen molar-refractivity contribution in [3.05, 3.63) is 0 Å². The average molecular weight is 401 g/mol. The standard InChI is InChI=1S/C17H31N5O6/c1-5-8(2)13(22-14(24)9(3)18)16(26)20-10(4)15(25)21-11(17(27)28)6-7-12(19)23/h8-11,13H,5-7,18H2,1-4H3,(H2,19,23)(H,20,26)(H,21,25)(H,22,24)(H,27,28). The smallest absolute Gasteiger partial charge is 0.326 e. The molecule has 5 atom stereocenters. The van der Waals surface area contributed by atoms with Crippen LogP contribution in [0.15, 0.2) is 0 Å². The van der Waals surface area contributed by atoms with Crippen LogP contribution in [0.2, 0.25) is 0 Å². The molecule has 0 bridgehead atoms. The number of primary amides is 1. The van der Waals surface area contributed by atoms with Crippen LogP contribution >= 0.6 is 0 Å². The molecule has 0 aliphatic rings. The Balaban J connectivity index is 5.01. The second kappa shape index (κ2) is 11.9. The number of rotatable bonds is 12. The van der Waals surface area contributed by atoms with E-state index < -0.39 is 53.8 Å². The van der Waals surface area contributed by atoms with Crippen LogP contribution in [-0.4, -0.2) is 58.9 Å². The highest BCUT2D eigenvalue weighted by molar-refractivity contribution is 5.94. The molecule has 0 rings (SSSR count). The van der Waals surface area contributed by atoms with E-state index in [1.54, 1.807) is 6.92 Å². The minimum absolute atomic E-state index is 0.170. The molecule has 8 N–H and O–H groups in total. The third-order valence-electron chi connectivity index (χ3n) is 4.25. The van der Waals surface area contributed by atoms with Crippen molar-refractivity contribution in [2.75, 3.05) is 0 Å². The summed E-state index contributed by atoms with van der Waals surface area (Å²) in [7, 11) is 0. The molecule has 0 aromatic carbocycles. The molecule has 0 aliphatic carbocycles. The van der Waals surface area contributed by atoms with E-state index in [9.17, 15) is 24.0 Å². The monoisotopic (exact) mass is 401 g/mol. The molecule has 0 aliphatic heterocycles.